The molecule has 1 unspecified atom stereocenters. The minimum absolute atomic E-state index is 0.681. The van der Waals surface area contributed by atoms with Crippen LogP contribution in [0.25, 0.3) is 0 Å². The molecule has 0 radical (unpaired) electrons. The summed E-state index contributed by atoms with van der Waals surface area (Å²) in [5.41, 5.74) is 0. The Balaban J connectivity index is 2.95. The van der Waals surface area contributed by atoms with Crippen LogP contribution < -0.4 is 5.32 Å². The molecule has 56 valence electrons. The number of rotatable bonds is 5. The van der Waals surface area contributed by atoms with Gasteiger partial charge in [0.15, 0.2) is 0 Å². The average Bonchev–Trinajstić information content (AvgIpc) is 1.85. The molecule has 9 heavy (non-hydrogen) atoms. The van der Waals surface area contributed by atoms with Crippen LogP contribution in [-0.2, 0) is 0 Å². The largest absolute Gasteiger partial charge is 0.313 e. The maximum atomic E-state index is 3.41. The molecule has 0 fully saturated rings. The maximum absolute atomic E-state index is 3.41. The van der Waals surface area contributed by atoms with Crippen molar-refractivity contribution in [3.63, 3.8) is 0 Å². The van der Waals surface area contributed by atoms with Crippen LogP contribution in [0.3, 0.4) is 0 Å². The quantitative estimate of drug-likeness (QED) is 0.635. The molecule has 0 saturated heterocycles. The summed E-state index contributed by atoms with van der Waals surface area (Å²) in [4.78, 5) is 0. The lowest BCUT2D eigenvalue weighted by Gasteiger charge is -2.10. The van der Waals surface area contributed by atoms with Crippen molar-refractivity contribution in [3.8, 4) is 0 Å². The van der Waals surface area contributed by atoms with Gasteiger partial charge in [-0.25, -0.2) is 0 Å². The first-order chi connectivity index (χ1) is 4.31. The average molecular weight is 147 g/mol. The SMILES string of the molecule is CCCNC(C)CSC. The summed E-state index contributed by atoms with van der Waals surface area (Å²) in [5, 5.41) is 3.41. The molecule has 0 aromatic heterocycles. The second kappa shape index (κ2) is 6.43. The van der Waals surface area contributed by atoms with Crippen molar-refractivity contribution in [1.29, 1.82) is 0 Å². The smallest absolute Gasteiger partial charge is 0.0129 e. The summed E-state index contributed by atoms with van der Waals surface area (Å²) >= 11 is 1.90. The second-order valence-corrected chi connectivity index (χ2v) is 3.22. The number of hydrogen-bond donors (Lipinski definition) is 1. The van der Waals surface area contributed by atoms with Gasteiger partial charge in [0.1, 0.15) is 0 Å². The minimum atomic E-state index is 0.681. The van der Waals surface area contributed by atoms with E-state index < -0.39 is 0 Å². The van der Waals surface area contributed by atoms with Gasteiger partial charge in [0.2, 0.25) is 0 Å². The van der Waals surface area contributed by atoms with Crippen LogP contribution in [0.1, 0.15) is 20.3 Å². The predicted octanol–water partition coefficient (Wildman–Crippen LogP) is 1.74. The fourth-order valence-corrected chi connectivity index (χ4v) is 1.32. The van der Waals surface area contributed by atoms with E-state index in [4.69, 9.17) is 0 Å². The standard InChI is InChI=1S/C7H17NS/c1-4-5-8-7(2)6-9-3/h7-8H,4-6H2,1-3H3. The summed E-state index contributed by atoms with van der Waals surface area (Å²) in [6, 6.07) is 0.681. The Bertz CT molecular complexity index is 56.9. The summed E-state index contributed by atoms with van der Waals surface area (Å²) in [6.07, 6.45) is 3.38. The molecule has 1 nitrogen and oxygen atoms in total. The Labute approximate surface area is 62.6 Å². The van der Waals surface area contributed by atoms with Crippen LogP contribution in [-0.4, -0.2) is 24.6 Å². The van der Waals surface area contributed by atoms with E-state index >= 15 is 0 Å². The Hall–Kier alpha value is 0.310. The Morgan fingerprint density at radius 1 is 1.56 bits per heavy atom. The molecule has 0 aliphatic carbocycles. The fourth-order valence-electron chi connectivity index (χ4n) is 0.700. The molecular weight excluding hydrogens is 130 g/mol. The van der Waals surface area contributed by atoms with Crippen LogP contribution in [0.15, 0.2) is 0 Å². The highest BCUT2D eigenvalue weighted by molar-refractivity contribution is 7.98. The van der Waals surface area contributed by atoms with E-state index in [9.17, 15) is 0 Å². The Kier molecular flexibility index (Phi) is 6.65. The van der Waals surface area contributed by atoms with E-state index in [0.29, 0.717) is 6.04 Å². The molecule has 0 spiro atoms. The lowest BCUT2D eigenvalue weighted by molar-refractivity contribution is 0.590. The fraction of sp³-hybridized carbons (Fsp3) is 1.00. The van der Waals surface area contributed by atoms with Gasteiger partial charge in [0.05, 0.1) is 0 Å². The zero-order valence-electron chi connectivity index (χ0n) is 6.61. The van der Waals surface area contributed by atoms with E-state index in [0.717, 1.165) is 6.54 Å². The molecule has 0 bridgehead atoms. The third kappa shape index (κ3) is 6.19. The first-order valence-electron chi connectivity index (χ1n) is 3.53. The van der Waals surface area contributed by atoms with Gasteiger partial charge in [-0.2, -0.15) is 11.8 Å². The molecule has 0 aliphatic heterocycles. The minimum Gasteiger partial charge on any atom is -0.313 e. The molecule has 0 saturated carbocycles. The highest BCUT2D eigenvalue weighted by Gasteiger charge is 1.95. The lowest BCUT2D eigenvalue weighted by atomic mass is 10.3. The van der Waals surface area contributed by atoms with Crippen molar-refractivity contribution in [2.24, 2.45) is 0 Å². The van der Waals surface area contributed by atoms with E-state index in [1.807, 2.05) is 11.8 Å². The molecule has 0 rings (SSSR count). The van der Waals surface area contributed by atoms with E-state index in [1.165, 1.54) is 12.2 Å². The molecule has 2 heteroatoms. The van der Waals surface area contributed by atoms with Crippen molar-refractivity contribution in [2.45, 2.75) is 26.3 Å². The number of nitrogens with one attached hydrogen (secondary N) is 1. The molecule has 0 heterocycles. The maximum Gasteiger partial charge on any atom is 0.0129 e. The van der Waals surface area contributed by atoms with Gasteiger partial charge >= 0.3 is 0 Å². The van der Waals surface area contributed by atoms with E-state index in [2.05, 4.69) is 25.4 Å². The highest BCUT2D eigenvalue weighted by atomic mass is 32.2. The van der Waals surface area contributed by atoms with Crippen LogP contribution in [0, 0.1) is 0 Å². The second-order valence-electron chi connectivity index (χ2n) is 2.31. The molecule has 0 amide bonds. The Morgan fingerprint density at radius 3 is 2.67 bits per heavy atom. The van der Waals surface area contributed by atoms with Gasteiger partial charge in [-0.1, -0.05) is 6.92 Å². The normalized spacial score (nSPS) is 13.7. The number of thioether (sulfide) groups is 1. The monoisotopic (exact) mass is 147 g/mol. The summed E-state index contributed by atoms with van der Waals surface area (Å²) in [5.74, 6) is 1.22. The van der Waals surface area contributed by atoms with Crippen molar-refractivity contribution in [3.05, 3.63) is 0 Å². The summed E-state index contributed by atoms with van der Waals surface area (Å²) in [6.45, 7) is 5.58. The molecular formula is C7H17NS. The Morgan fingerprint density at radius 2 is 2.22 bits per heavy atom. The first-order valence-corrected chi connectivity index (χ1v) is 4.93. The third-order valence-electron chi connectivity index (χ3n) is 1.16. The molecule has 0 aliphatic rings. The van der Waals surface area contributed by atoms with Crippen LogP contribution >= 0.6 is 11.8 Å². The van der Waals surface area contributed by atoms with Gasteiger partial charge < -0.3 is 5.32 Å². The molecule has 1 atom stereocenters. The third-order valence-corrected chi connectivity index (χ3v) is 1.99. The van der Waals surface area contributed by atoms with Crippen molar-refractivity contribution in [1.82, 2.24) is 5.32 Å². The molecule has 0 aromatic carbocycles. The van der Waals surface area contributed by atoms with Gasteiger partial charge in [-0.15, -0.1) is 0 Å². The van der Waals surface area contributed by atoms with E-state index in [-0.39, 0.29) is 0 Å². The molecule has 0 aromatic rings. The van der Waals surface area contributed by atoms with Gasteiger partial charge in [0.25, 0.3) is 0 Å². The summed E-state index contributed by atoms with van der Waals surface area (Å²) in [7, 11) is 0. The van der Waals surface area contributed by atoms with Gasteiger partial charge in [0, 0.05) is 11.8 Å². The first kappa shape index (κ1) is 9.31. The van der Waals surface area contributed by atoms with Crippen molar-refractivity contribution < 1.29 is 0 Å². The zero-order valence-corrected chi connectivity index (χ0v) is 7.42. The van der Waals surface area contributed by atoms with Crippen molar-refractivity contribution in [2.75, 3.05) is 18.6 Å². The predicted molar refractivity (Wildman–Crippen MR) is 46.1 cm³/mol. The van der Waals surface area contributed by atoms with Crippen LogP contribution in [0.5, 0.6) is 0 Å². The number of hydrogen-bond acceptors (Lipinski definition) is 2. The van der Waals surface area contributed by atoms with E-state index in [1.54, 1.807) is 0 Å². The van der Waals surface area contributed by atoms with Crippen molar-refractivity contribution >= 4 is 11.8 Å². The summed E-state index contributed by atoms with van der Waals surface area (Å²) < 4.78 is 0. The van der Waals surface area contributed by atoms with Crippen LogP contribution in [0.2, 0.25) is 0 Å². The molecule has 1 N–H and O–H groups in total. The van der Waals surface area contributed by atoms with Gasteiger partial charge in [-0.05, 0) is 26.1 Å². The van der Waals surface area contributed by atoms with Gasteiger partial charge in [-0.3, -0.25) is 0 Å². The topological polar surface area (TPSA) is 12.0 Å². The zero-order chi connectivity index (χ0) is 7.11. The van der Waals surface area contributed by atoms with Crippen LogP contribution in [0.4, 0.5) is 0 Å². The lowest BCUT2D eigenvalue weighted by Crippen LogP contribution is -2.28. The highest BCUT2D eigenvalue weighted by Crippen LogP contribution is 1.95.